The van der Waals surface area contributed by atoms with Gasteiger partial charge in [0, 0.05) is 20.2 Å². The summed E-state index contributed by atoms with van der Waals surface area (Å²) in [6.07, 6.45) is 2.85. The van der Waals surface area contributed by atoms with Crippen LogP contribution in [0.25, 0.3) is 0 Å². The van der Waals surface area contributed by atoms with Crippen LogP contribution in [0.3, 0.4) is 0 Å². The number of hydrogen-bond acceptors (Lipinski definition) is 3. The Morgan fingerprint density at radius 1 is 1.47 bits per heavy atom. The average Bonchev–Trinajstić information content (AvgIpc) is 2.24. The highest BCUT2D eigenvalue weighted by Gasteiger charge is 2.16. The number of unbranched alkanes of at least 4 members (excludes halogenated alkanes) is 1. The fourth-order valence-electron chi connectivity index (χ4n) is 1.29. The first kappa shape index (κ1) is 14.4. The van der Waals surface area contributed by atoms with Crippen LogP contribution in [0, 0.1) is 0 Å². The highest BCUT2D eigenvalue weighted by molar-refractivity contribution is 5.81. The molecule has 0 aliphatic rings. The number of amides is 1. The van der Waals surface area contributed by atoms with Crippen molar-refractivity contribution in [3.8, 4) is 0 Å². The quantitative estimate of drug-likeness (QED) is 0.616. The second kappa shape index (κ2) is 8.68. The summed E-state index contributed by atoms with van der Waals surface area (Å²) in [5, 5.41) is 0. The van der Waals surface area contributed by atoms with Gasteiger partial charge in [0.25, 0.3) is 0 Å². The van der Waals surface area contributed by atoms with Crippen molar-refractivity contribution >= 4 is 5.91 Å². The SMILES string of the molecule is CCCC[C@H](N)C(=O)N(C)CCOCC. The van der Waals surface area contributed by atoms with E-state index in [-0.39, 0.29) is 11.9 Å². The molecule has 1 amide bonds. The minimum Gasteiger partial charge on any atom is -0.380 e. The number of carbonyl (C=O) groups is 1. The monoisotopic (exact) mass is 216 g/mol. The van der Waals surface area contributed by atoms with E-state index in [9.17, 15) is 4.79 Å². The molecule has 15 heavy (non-hydrogen) atoms. The van der Waals surface area contributed by atoms with Crippen molar-refractivity contribution in [2.24, 2.45) is 5.73 Å². The van der Waals surface area contributed by atoms with Gasteiger partial charge in [-0.2, -0.15) is 0 Å². The van der Waals surface area contributed by atoms with E-state index in [0.717, 1.165) is 19.3 Å². The number of likely N-dealkylation sites (N-methyl/N-ethyl adjacent to an activating group) is 1. The molecule has 2 N–H and O–H groups in total. The molecular formula is C11H24N2O2. The summed E-state index contributed by atoms with van der Waals surface area (Å²) in [5.74, 6) is 0.0168. The van der Waals surface area contributed by atoms with Gasteiger partial charge < -0.3 is 15.4 Å². The van der Waals surface area contributed by atoms with Crippen LogP contribution in [0.4, 0.5) is 0 Å². The lowest BCUT2D eigenvalue weighted by atomic mass is 10.1. The molecule has 1 atom stereocenters. The Balaban J connectivity index is 3.75. The van der Waals surface area contributed by atoms with Gasteiger partial charge in [0.1, 0.15) is 0 Å². The topological polar surface area (TPSA) is 55.6 Å². The molecule has 0 saturated carbocycles. The highest BCUT2D eigenvalue weighted by atomic mass is 16.5. The Hall–Kier alpha value is -0.610. The predicted octanol–water partition coefficient (Wildman–Crippen LogP) is 0.999. The second-order valence-electron chi connectivity index (χ2n) is 3.71. The van der Waals surface area contributed by atoms with Crippen LogP contribution in [0.1, 0.15) is 33.1 Å². The first-order chi connectivity index (χ1) is 7.13. The van der Waals surface area contributed by atoms with E-state index in [1.54, 1.807) is 11.9 Å². The summed E-state index contributed by atoms with van der Waals surface area (Å²) >= 11 is 0. The van der Waals surface area contributed by atoms with E-state index in [0.29, 0.717) is 19.8 Å². The van der Waals surface area contributed by atoms with Gasteiger partial charge in [0.15, 0.2) is 0 Å². The standard InChI is InChI=1S/C11H24N2O2/c1-4-6-7-10(12)11(14)13(3)8-9-15-5-2/h10H,4-9,12H2,1-3H3/t10-/m0/s1. The molecule has 0 fully saturated rings. The fraction of sp³-hybridized carbons (Fsp3) is 0.909. The molecule has 0 rings (SSSR count). The lowest BCUT2D eigenvalue weighted by Gasteiger charge is -2.21. The van der Waals surface area contributed by atoms with Crippen molar-refractivity contribution < 1.29 is 9.53 Å². The lowest BCUT2D eigenvalue weighted by Crippen LogP contribution is -2.42. The number of nitrogens with two attached hydrogens (primary N) is 1. The molecule has 0 heterocycles. The summed E-state index contributed by atoms with van der Waals surface area (Å²) < 4.78 is 5.18. The summed E-state index contributed by atoms with van der Waals surface area (Å²) in [6, 6.07) is -0.350. The largest absolute Gasteiger partial charge is 0.380 e. The van der Waals surface area contributed by atoms with Crippen molar-refractivity contribution in [3.05, 3.63) is 0 Å². The second-order valence-corrected chi connectivity index (χ2v) is 3.71. The third-order valence-electron chi connectivity index (χ3n) is 2.34. The molecule has 0 aromatic rings. The molecule has 0 aliphatic carbocycles. The lowest BCUT2D eigenvalue weighted by molar-refractivity contribution is -0.132. The first-order valence-corrected chi connectivity index (χ1v) is 5.71. The fourth-order valence-corrected chi connectivity index (χ4v) is 1.29. The van der Waals surface area contributed by atoms with Crippen LogP contribution in [0.5, 0.6) is 0 Å². The van der Waals surface area contributed by atoms with Crippen molar-refractivity contribution in [1.29, 1.82) is 0 Å². The number of nitrogens with zero attached hydrogens (tertiary/aromatic N) is 1. The Morgan fingerprint density at radius 2 is 2.13 bits per heavy atom. The van der Waals surface area contributed by atoms with Crippen molar-refractivity contribution in [2.45, 2.75) is 39.2 Å². The van der Waals surface area contributed by atoms with Crippen LogP contribution >= 0.6 is 0 Å². The third-order valence-corrected chi connectivity index (χ3v) is 2.34. The Kier molecular flexibility index (Phi) is 8.33. The van der Waals surface area contributed by atoms with Crippen molar-refractivity contribution in [3.63, 3.8) is 0 Å². The van der Waals surface area contributed by atoms with Gasteiger partial charge >= 0.3 is 0 Å². The van der Waals surface area contributed by atoms with Gasteiger partial charge in [-0.3, -0.25) is 4.79 Å². The summed E-state index contributed by atoms with van der Waals surface area (Å²) in [4.78, 5) is 13.3. The maximum absolute atomic E-state index is 11.7. The van der Waals surface area contributed by atoms with E-state index in [1.165, 1.54) is 0 Å². The normalized spacial score (nSPS) is 12.5. The van der Waals surface area contributed by atoms with Gasteiger partial charge in [0.2, 0.25) is 5.91 Å². The maximum Gasteiger partial charge on any atom is 0.239 e. The zero-order chi connectivity index (χ0) is 11.7. The number of carbonyl (C=O) groups excluding carboxylic acids is 1. The summed E-state index contributed by atoms with van der Waals surface area (Å²) in [5.41, 5.74) is 5.78. The van der Waals surface area contributed by atoms with Gasteiger partial charge in [-0.05, 0) is 13.3 Å². The van der Waals surface area contributed by atoms with Crippen LogP contribution in [0.2, 0.25) is 0 Å². The number of hydrogen-bond donors (Lipinski definition) is 1. The van der Waals surface area contributed by atoms with Crippen LogP contribution in [-0.4, -0.2) is 43.7 Å². The Bertz CT molecular complexity index is 174. The molecule has 0 saturated heterocycles. The third kappa shape index (κ3) is 6.47. The molecule has 0 unspecified atom stereocenters. The molecule has 90 valence electrons. The highest BCUT2D eigenvalue weighted by Crippen LogP contribution is 2.01. The number of ether oxygens (including phenoxy) is 1. The van der Waals surface area contributed by atoms with Crippen LogP contribution < -0.4 is 5.73 Å². The van der Waals surface area contributed by atoms with Crippen molar-refractivity contribution in [1.82, 2.24) is 4.90 Å². The zero-order valence-corrected chi connectivity index (χ0v) is 10.2. The molecule has 0 bridgehead atoms. The van der Waals surface area contributed by atoms with E-state index >= 15 is 0 Å². The van der Waals surface area contributed by atoms with E-state index in [1.807, 2.05) is 6.92 Å². The van der Waals surface area contributed by atoms with Crippen LogP contribution in [-0.2, 0) is 9.53 Å². The van der Waals surface area contributed by atoms with Gasteiger partial charge in [0.05, 0.1) is 12.6 Å². The summed E-state index contributed by atoms with van der Waals surface area (Å²) in [7, 11) is 1.77. The van der Waals surface area contributed by atoms with Crippen LogP contribution in [0.15, 0.2) is 0 Å². The molecule has 0 aromatic carbocycles. The molecule has 0 spiro atoms. The van der Waals surface area contributed by atoms with Gasteiger partial charge in [-0.25, -0.2) is 0 Å². The molecule has 0 radical (unpaired) electrons. The smallest absolute Gasteiger partial charge is 0.239 e. The van der Waals surface area contributed by atoms with Gasteiger partial charge in [-0.1, -0.05) is 19.8 Å². The number of rotatable bonds is 8. The minimum absolute atomic E-state index is 0.0168. The zero-order valence-electron chi connectivity index (χ0n) is 10.2. The maximum atomic E-state index is 11.7. The Labute approximate surface area is 92.8 Å². The molecule has 4 heteroatoms. The minimum atomic E-state index is -0.350. The summed E-state index contributed by atoms with van der Waals surface area (Å²) in [6.45, 7) is 5.92. The van der Waals surface area contributed by atoms with Crippen molar-refractivity contribution in [2.75, 3.05) is 26.8 Å². The van der Waals surface area contributed by atoms with Gasteiger partial charge in [-0.15, -0.1) is 0 Å². The van der Waals surface area contributed by atoms with E-state index in [4.69, 9.17) is 10.5 Å². The average molecular weight is 216 g/mol. The molecule has 4 nitrogen and oxygen atoms in total. The molecule has 0 aromatic heterocycles. The van der Waals surface area contributed by atoms with E-state index < -0.39 is 0 Å². The molecular weight excluding hydrogens is 192 g/mol. The Morgan fingerprint density at radius 3 is 2.67 bits per heavy atom. The predicted molar refractivity (Wildman–Crippen MR) is 61.6 cm³/mol. The van der Waals surface area contributed by atoms with E-state index in [2.05, 4.69) is 6.92 Å². The molecule has 0 aliphatic heterocycles. The first-order valence-electron chi connectivity index (χ1n) is 5.71.